The fourth-order valence-corrected chi connectivity index (χ4v) is 13.4. The fourth-order valence-electron chi connectivity index (χ4n) is 7.90. The van der Waals surface area contributed by atoms with Crippen LogP contribution in [0.3, 0.4) is 0 Å². The quantitative estimate of drug-likeness (QED) is 0.0427. The number of hydrogen-bond donors (Lipinski definition) is 0. The highest BCUT2D eigenvalue weighted by Gasteiger charge is 2.24. The van der Waals surface area contributed by atoms with Crippen molar-refractivity contribution in [1.82, 2.24) is 0 Å². The van der Waals surface area contributed by atoms with E-state index in [9.17, 15) is 0 Å². The topological polar surface area (TPSA) is 0 Å². The molecule has 4 aromatic rings. The molecule has 0 heterocycles. The molecule has 0 bridgehead atoms. The van der Waals surface area contributed by atoms with E-state index in [4.69, 9.17) is 0 Å². The Bertz CT molecular complexity index is 1350. The van der Waals surface area contributed by atoms with E-state index in [1.165, 1.54) is 175 Å². The van der Waals surface area contributed by atoms with Gasteiger partial charge in [-0.05, 0) is 93.6 Å². The first-order valence-corrected chi connectivity index (χ1v) is 24.7. The molecular formula is C48H72P2. The van der Waals surface area contributed by atoms with Crippen LogP contribution in [0.15, 0.2) is 72.8 Å². The maximum Gasteiger partial charge on any atom is -0.00157 e. The summed E-state index contributed by atoms with van der Waals surface area (Å²) in [6, 6.07) is 29.0. The Morgan fingerprint density at radius 2 is 0.620 bits per heavy atom. The Hall–Kier alpha value is -1.74. The van der Waals surface area contributed by atoms with Crippen molar-refractivity contribution in [1.29, 1.82) is 0 Å². The fraction of sp³-hybridized carbons (Fsp3) is 0.583. The zero-order valence-electron chi connectivity index (χ0n) is 32.8. The first-order chi connectivity index (χ1) is 24.7. The molecule has 4 rings (SSSR count). The first-order valence-electron chi connectivity index (χ1n) is 21.3. The third-order valence-corrected chi connectivity index (χ3v) is 16.4. The van der Waals surface area contributed by atoms with Gasteiger partial charge in [0, 0.05) is 0 Å². The van der Waals surface area contributed by atoms with Gasteiger partial charge in [0.2, 0.25) is 0 Å². The van der Waals surface area contributed by atoms with Crippen LogP contribution in [0, 0.1) is 0 Å². The number of unbranched alkanes of at least 4 members (excludes halogenated alkanes) is 16. The lowest BCUT2D eigenvalue weighted by Crippen LogP contribution is -2.17. The zero-order valence-corrected chi connectivity index (χ0v) is 34.6. The Kier molecular flexibility index (Phi) is 20.1. The van der Waals surface area contributed by atoms with Crippen molar-refractivity contribution in [3.63, 3.8) is 0 Å². The van der Waals surface area contributed by atoms with Crippen LogP contribution in [-0.2, 0) is 0 Å². The molecule has 0 unspecified atom stereocenters. The van der Waals surface area contributed by atoms with E-state index in [0.717, 1.165) is 0 Å². The minimum Gasteiger partial charge on any atom is -0.0746 e. The monoisotopic (exact) mass is 711 g/mol. The van der Waals surface area contributed by atoms with Crippen molar-refractivity contribution in [2.45, 2.75) is 156 Å². The molecule has 274 valence electrons. The first kappa shape index (κ1) is 41.0. The van der Waals surface area contributed by atoms with Crippen molar-refractivity contribution in [2.24, 2.45) is 0 Å². The van der Waals surface area contributed by atoms with E-state index < -0.39 is 0 Å². The third-order valence-electron chi connectivity index (χ3n) is 10.9. The highest BCUT2D eigenvalue weighted by molar-refractivity contribution is 7.66. The average Bonchev–Trinajstić information content (AvgIpc) is 3.15. The van der Waals surface area contributed by atoms with Crippen molar-refractivity contribution >= 4 is 48.0 Å². The van der Waals surface area contributed by atoms with Crippen LogP contribution < -0.4 is 10.6 Å². The van der Waals surface area contributed by atoms with Crippen molar-refractivity contribution < 1.29 is 0 Å². The summed E-state index contributed by atoms with van der Waals surface area (Å²) in [4.78, 5) is 0. The SMILES string of the molecule is CCCCCCCP(CCCCCCC)c1ccc2ccccc2c1-c1c(P(CCCCCCC)CCCCCCC)ccc2ccccc12. The van der Waals surface area contributed by atoms with E-state index in [-0.39, 0.29) is 15.8 Å². The van der Waals surface area contributed by atoms with E-state index in [0.29, 0.717) is 0 Å². The van der Waals surface area contributed by atoms with Crippen LogP contribution in [0.25, 0.3) is 32.7 Å². The molecule has 0 nitrogen and oxygen atoms in total. The smallest absolute Gasteiger partial charge is 0.00157 e. The van der Waals surface area contributed by atoms with E-state index in [1.807, 2.05) is 0 Å². The number of hydrogen-bond acceptors (Lipinski definition) is 0. The third kappa shape index (κ3) is 12.7. The van der Waals surface area contributed by atoms with Gasteiger partial charge in [0.15, 0.2) is 0 Å². The van der Waals surface area contributed by atoms with Gasteiger partial charge < -0.3 is 0 Å². The van der Waals surface area contributed by atoms with Gasteiger partial charge in [-0.25, -0.2) is 0 Å². The van der Waals surface area contributed by atoms with Crippen LogP contribution in [-0.4, -0.2) is 24.6 Å². The molecule has 0 spiro atoms. The number of fused-ring (bicyclic) bond motifs is 2. The molecule has 0 fully saturated rings. The van der Waals surface area contributed by atoms with Gasteiger partial charge >= 0.3 is 0 Å². The molecule has 0 aliphatic carbocycles. The van der Waals surface area contributed by atoms with Gasteiger partial charge in [0.05, 0.1) is 0 Å². The number of benzene rings is 4. The lowest BCUT2D eigenvalue weighted by atomic mass is 9.93. The largest absolute Gasteiger partial charge is 0.0746 e. The van der Waals surface area contributed by atoms with Crippen LogP contribution in [0.1, 0.15) is 156 Å². The molecule has 0 radical (unpaired) electrons. The summed E-state index contributed by atoms with van der Waals surface area (Å²) in [7, 11) is -0.462. The molecule has 0 atom stereocenters. The minimum absolute atomic E-state index is 0.231. The molecule has 50 heavy (non-hydrogen) atoms. The van der Waals surface area contributed by atoms with E-state index in [2.05, 4.69) is 100 Å². The second-order valence-electron chi connectivity index (χ2n) is 15.0. The van der Waals surface area contributed by atoms with Gasteiger partial charge in [-0.2, -0.15) is 0 Å². The highest BCUT2D eigenvalue weighted by Crippen LogP contribution is 2.48. The summed E-state index contributed by atoms with van der Waals surface area (Å²) >= 11 is 0. The maximum atomic E-state index is 2.62. The van der Waals surface area contributed by atoms with Gasteiger partial charge in [-0.15, -0.1) is 0 Å². The molecule has 0 aliphatic heterocycles. The van der Waals surface area contributed by atoms with Crippen LogP contribution in [0.5, 0.6) is 0 Å². The summed E-state index contributed by atoms with van der Waals surface area (Å²) < 4.78 is 0. The Balaban J connectivity index is 1.85. The molecule has 0 N–H and O–H groups in total. The van der Waals surface area contributed by atoms with Crippen molar-refractivity contribution in [3.05, 3.63) is 72.8 Å². The highest BCUT2D eigenvalue weighted by atomic mass is 31.1. The lowest BCUT2D eigenvalue weighted by Gasteiger charge is -2.28. The van der Waals surface area contributed by atoms with Gasteiger partial charge in [0.25, 0.3) is 0 Å². The normalized spacial score (nSPS) is 11.9. The summed E-state index contributed by atoms with van der Waals surface area (Å²) in [6.45, 7) is 9.38. The Labute approximate surface area is 311 Å². The van der Waals surface area contributed by atoms with E-state index >= 15 is 0 Å². The summed E-state index contributed by atoms with van der Waals surface area (Å²) in [5, 5.41) is 9.23. The van der Waals surface area contributed by atoms with Crippen molar-refractivity contribution in [2.75, 3.05) is 24.6 Å². The number of rotatable bonds is 27. The van der Waals surface area contributed by atoms with Crippen molar-refractivity contribution in [3.8, 4) is 11.1 Å². The standard InChI is InChI=1S/C48H72P2/c1-5-9-13-17-25-37-49(38-26-18-14-10-6-2)45-35-33-41-29-21-23-31-43(41)47(45)48-44-32-24-22-30-42(44)34-36-46(48)50(39-27-19-15-11-7-3)40-28-20-16-12-8-4/h21-24,29-36H,5-20,25-28,37-40H2,1-4H3. The molecule has 4 aromatic carbocycles. The predicted molar refractivity (Wildman–Crippen MR) is 235 cm³/mol. The molecule has 0 amide bonds. The summed E-state index contributed by atoms with van der Waals surface area (Å²) in [6.07, 6.45) is 33.1. The van der Waals surface area contributed by atoms with E-state index in [1.54, 1.807) is 21.7 Å². The molecule has 0 saturated heterocycles. The molecular weight excluding hydrogens is 638 g/mol. The zero-order chi connectivity index (χ0) is 35.2. The molecule has 0 aromatic heterocycles. The van der Waals surface area contributed by atoms with Gasteiger partial charge in [0.1, 0.15) is 0 Å². The predicted octanol–water partition coefficient (Wildman–Crippen LogP) is 15.8. The molecule has 0 saturated carbocycles. The Morgan fingerprint density at radius 1 is 0.320 bits per heavy atom. The van der Waals surface area contributed by atoms with Gasteiger partial charge in [-0.3, -0.25) is 0 Å². The lowest BCUT2D eigenvalue weighted by molar-refractivity contribution is 0.653. The second kappa shape index (κ2) is 24.5. The molecule has 0 aliphatic rings. The Morgan fingerprint density at radius 3 is 0.940 bits per heavy atom. The van der Waals surface area contributed by atoms with Crippen LogP contribution in [0.4, 0.5) is 0 Å². The second-order valence-corrected chi connectivity index (χ2v) is 19.9. The minimum atomic E-state index is -0.231. The summed E-state index contributed by atoms with van der Waals surface area (Å²) in [5.74, 6) is 0. The summed E-state index contributed by atoms with van der Waals surface area (Å²) in [5.41, 5.74) is 3.24. The maximum absolute atomic E-state index is 2.62. The van der Waals surface area contributed by atoms with Gasteiger partial charge in [-0.1, -0.05) is 219 Å². The molecule has 2 heteroatoms. The average molecular weight is 711 g/mol. The van der Waals surface area contributed by atoms with Crippen LogP contribution >= 0.6 is 15.8 Å². The van der Waals surface area contributed by atoms with Crippen LogP contribution in [0.2, 0.25) is 0 Å².